The molecule has 3 aromatic rings. The number of aromatic nitrogens is 6. The number of amides is 1. The van der Waals surface area contributed by atoms with Gasteiger partial charge in [0.25, 0.3) is 0 Å². The Balaban J connectivity index is 1.48. The van der Waals surface area contributed by atoms with E-state index < -0.39 is 0 Å². The number of ether oxygens (including phenoxy) is 1. The van der Waals surface area contributed by atoms with Crippen LogP contribution in [-0.4, -0.2) is 71.6 Å². The summed E-state index contributed by atoms with van der Waals surface area (Å²) < 4.78 is 7.65. The van der Waals surface area contributed by atoms with E-state index in [1.807, 2.05) is 30.2 Å². The lowest BCUT2D eigenvalue weighted by Crippen LogP contribution is -2.48. The van der Waals surface area contributed by atoms with E-state index in [2.05, 4.69) is 25.3 Å². The van der Waals surface area contributed by atoms with Gasteiger partial charge in [0, 0.05) is 25.5 Å². The van der Waals surface area contributed by atoms with Gasteiger partial charge >= 0.3 is 0 Å². The Morgan fingerprint density at radius 2 is 2.06 bits per heavy atom. The molecule has 2 saturated heterocycles. The van der Waals surface area contributed by atoms with Gasteiger partial charge in [-0.1, -0.05) is 6.92 Å². The van der Waals surface area contributed by atoms with Gasteiger partial charge in [0.05, 0.1) is 24.3 Å². The molecule has 10 heteroatoms. The second-order valence-corrected chi connectivity index (χ2v) is 8.03. The van der Waals surface area contributed by atoms with Crippen molar-refractivity contribution in [2.24, 2.45) is 0 Å². The first-order chi connectivity index (χ1) is 15.1. The van der Waals surface area contributed by atoms with Crippen LogP contribution in [0.25, 0.3) is 22.6 Å². The molecule has 0 unspecified atom stereocenters. The van der Waals surface area contributed by atoms with E-state index in [4.69, 9.17) is 9.72 Å². The molecular weight excluding hydrogens is 396 g/mol. The van der Waals surface area contributed by atoms with E-state index in [0.29, 0.717) is 48.9 Å². The van der Waals surface area contributed by atoms with Crippen molar-refractivity contribution < 1.29 is 9.53 Å². The average Bonchev–Trinajstić information content (AvgIpc) is 3.51. The third-order valence-electron chi connectivity index (χ3n) is 6.09. The topological polar surface area (TPSA) is 111 Å². The number of nitrogens with zero attached hydrogens (tertiary/aromatic N) is 7. The SMILES string of the molecule is CC[C@H](Nc1ncnc2c1nc(-c1cnc(C)nc1)n2CC)C(=O)N1C[C@H]2C[C@H]1CO2. The average molecular weight is 422 g/mol. The molecule has 0 radical (unpaired) electrons. The van der Waals surface area contributed by atoms with Crippen molar-refractivity contribution in [3.63, 3.8) is 0 Å². The maximum atomic E-state index is 13.2. The molecule has 0 saturated carbocycles. The highest BCUT2D eigenvalue weighted by atomic mass is 16.5. The largest absolute Gasteiger partial charge is 0.374 e. The minimum atomic E-state index is -0.379. The fourth-order valence-electron chi connectivity index (χ4n) is 4.44. The lowest BCUT2D eigenvalue weighted by Gasteiger charge is -2.30. The van der Waals surface area contributed by atoms with Gasteiger partial charge in [-0.15, -0.1) is 0 Å². The zero-order valence-corrected chi connectivity index (χ0v) is 17.9. The molecule has 3 aromatic heterocycles. The molecule has 1 N–H and O–H groups in total. The molecule has 0 spiro atoms. The molecule has 0 aromatic carbocycles. The first-order valence-electron chi connectivity index (χ1n) is 10.8. The Morgan fingerprint density at radius 1 is 1.26 bits per heavy atom. The van der Waals surface area contributed by atoms with Crippen molar-refractivity contribution in [2.75, 3.05) is 18.5 Å². The molecule has 162 valence electrons. The van der Waals surface area contributed by atoms with E-state index in [0.717, 1.165) is 17.8 Å². The number of likely N-dealkylation sites (tertiary alicyclic amines) is 1. The van der Waals surface area contributed by atoms with Gasteiger partial charge in [-0.2, -0.15) is 0 Å². The van der Waals surface area contributed by atoms with E-state index in [1.54, 1.807) is 12.4 Å². The van der Waals surface area contributed by atoms with E-state index in [-0.39, 0.29) is 24.1 Å². The van der Waals surface area contributed by atoms with Gasteiger partial charge in [0.1, 0.15) is 24.0 Å². The van der Waals surface area contributed by atoms with Crippen LogP contribution < -0.4 is 5.32 Å². The molecule has 2 fully saturated rings. The molecule has 31 heavy (non-hydrogen) atoms. The van der Waals surface area contributed by atoms with Gasteiger partial charge in [-0.05, 0) is 26.7 Å². The van der Waals surface area contributed by atoms with Gasteiger partial charge in [-0.3, -0.25) is 4.79 Å². The highest BCUT2D eigenvalue weighted by molar-refractivity contribution is 5.90. The number of hydrogen-bond acceptors (Lipinski definition) is 8. The van der Waals surface area contributed by atoms with Crippen molar-refractivity contribution in [3.8, 4) is 11.4 Å². The molecule has 2 aliphatic heterocycles. The van der Waals surface area contributed by atoms with Crippen LogP contribution >= 0.6 is 0 Å². The maximum Gasteiger partial charge on any atom is 0.245 e. The Hall–Kier alpha value is -3.14. The van der Waals surface area contributed by atoms with Crippen LogP contribution in [0.2, 0.25) is 0 Å². The van der Waals surface area contributed by atoms with Crippen LogP contribution in [0, 0.1) is 6.92 Å². The van der Waals surface area contributed by atoms with Crippen LogP contribution in [0.4, 0.5) is 5.82 Å². The number of rotatable bonds is 6. The zero-order valence-electron chi connectivity index (χ0n) is 17.9. The highest BCUT2D eigenvalue weighted by Crippen LogP contribution is 2.30. The summed E-state index contributed by atoms with van der Waals surface area (Å²) in [5.41, 5.74) is 2.16. The van der Waals surface area contributed by atoms with Crippen LogP contribution in [0.3, 0.4) is 0 Å². The number of carbonyl (C=O) groups excluding carboxylic acids is 1. The number of anilines is 1. The predicted octanol–water partition coefficient (Wildman–Crippen LogP) is 1.80. The fourth-order valence-corrected chi connectivity index (χ4v) is 4.44. The van der Waals surface area contributed by atoms with E-state index in [9.17, 15) is 4.79 Å². The fraction of sp³-hybridized carbons (Fsp3) is 0.524. The summed E-state index contributed by atoms with van der Waals surface area (Å²) in [5.74, 6) is 2.09. The van der Waals surface area contributed by atoms with Crippen LogP contribution in [0.5, 0.6) is 0 Å². The maximum absolute atomic E-state index is 13.2. The number of carbonyl (C=O) groups is 1. The number of nitrogens with one attached hydrogen (secondary N) is 1. The standard InChI is InChI=1S/C21H26N8O2/c1-4-16(21(30)29-9-15-6-14(29)10-31-15)26-18-17-20(25-11-24-18)28(5-2)19(27-17)13-7-22-12(3)23-8-13/h7-8,11,14-16H,4-6,9-10H2,1-3H3,(H,24,25,26)/t14-,15+,16-/m0/s1. The minimum absolute atomic E-state index is 0.0899. The molecule has 2 bridgehead atoms. The number of hydrogen-bond donors (Lipinski definition) is 1. The van der Waals surface area contributed by atoms with E-state index >= 15 is 0 Å². The van der Waals surface area contributed by atoms with E-state index in [1.165, 1.54) is 6.33 Å². The monoisotopic (exact) mass is 422 g/mol. The molecular formula is C21H26N8O2. The normalized spacial score (nSPS) is 21.1. The number of morpholine rings is 1. The summed E-state index contributed by atoms with van der Waals surface area (Å²) in [7, 11) is 0. The van der Waals surface area contributed by atoms with Crippen molar-refractivity contribution in [1.29, 1.82) is 0 Å². The van der Waals surface area contributed by atoms with Crippen LogP contribution in [0.1, 0.15) is 32.5 Å². The van der Waals surface area contributed by atoms with Crippen molar-refractivity contribution in [2.45, 2.75) is 58.3 Å². The lowest BCUT2D eigenvalue weighted by atomic mass is 10.1. The molecule has 0 aliphatic carbocycles. The van der Waals surface area contributed by atoms with Crippen molar-refractivity contribution in [3.05, 3.63) is 24.5 Å². The summed E-state index contributed by atoms with van der Waals surface area (Å²) in [5, 5.41) is 3.34. The summed E-state index contributed by atoms with van der Waals surface area (Å²) in [6.07, 6.45) is 6.79. The quantitative estimate of drug-likeness (QED) is 0.640. The first-order valence-corrected chi connectivity index (χ1v) is 10.8. The Labute approximate surface area is 180 Å². The van der Waals surface area contributed by atoms with Crippen molar-refractivity contribution >= 4 is 22.9 Å². The Morgan fingerprint density at radius 3 is 2.71 bits per heavy atom. The van der Waals surface area contributed by atoms with Gasteiger partial charge in [0.2, 0.25) is 5.91 Å². The third kappa shape index (κ3) is 3.40. The predicted molar refractivity (Wildman–Crippen MR) is 114 cm³/mol. The molecule has 10 nitrogen and oxygen atoms in total. The molecule has 3 atom stereocenters. The number of aryl methyl sites for hydroxylation is 2. The van der Waals surface area contributed by atoms with Gasteiger partial charge < -0.3 is 19.5 Å². The zero-order chi connectivity index (χ0) is 21.5. The van der Waals surface area contributed by atoms with Crippen LogP contribution in [-0.2, 0) is 16.1 Å². The highest BCUT2D eigenvalue weighted by Gasteiger charge is 2.43. The summed E-state index contributed by atoms with van der Waals surface area (Å²) in [6.45, 7) is 7.87. The minimum Gasteiger partial charge on any atom is -0.374 e. The second-order valence-electron chi connectivity index (χ2n) is 8.03. The number of fused-ring (bicyclic) bond motifs is 3. The van der Waals surface area contributed by atoms with Crippen molar-refractivity contribution in [1.82, 2.24) is 34.4 Å². The first kappa shape index (κ1) is 19.8. The molecule has 2 aliphatic rings. The Kier molecular flexibility index (Phi) is 5.01. The van der Waals surface area contributed by atoms with Crippen LogP contribution in [0.15, 0.2) is 18.7 Å². The van der Waals surface area contributed by atoms with Gasteiger partial charge in [0.15, 0.2) is 17.0 Å². The summed E-state index contributed by atoms with van der Waals surface area (Å²) in [4.78, 5) is 37.5. The number of imidazole rings is 1. The third-order valence-corrected chi connectivity index (χ3v) is 6.09. The summed E-state index contributed by atoms with van der Waals surface area (Å²) >= 11 is 0. The smallest absolute Gasteiger partial charge is 0.245 e. The van der Waals surface area contributed by atoms with Gasteiger partial charge in [-0.25, -0.2) is 24.9 Å². The molecule has 5 rings (SSSR count). The molecule has 5 heterocycles. The summed E-state index contributed by atoms with van der Waals surface area (Å²) in [6, 6.07) is -0.193. The Bertz CT molecular complexity index is 1110. The second kappa shape index (κ2) is 7.84. The molecule has 1 amide bonds. The lowest BCUT2D eigenvalue weighted by molar-refractivity contribution is -0.136.